The van der Waals surface area contributed by atoms with Gasteiger partial charge in [0.05, 0.1) is 18.8 Å². The second kappa shape index (κ2) is 3.63. The molecule has 1 fully saturated rings. The van der Waals surface area contributed by atoms with Crippen molar-refractivity contribution in [2.24, 2.45) is 5.41 Å². The highest BCUT2D eigenvalue weighted by Crippen LogP contribution is 2.49. The molecule has 1 spiro atoms. The molecule has 1 saturated carbocycles. The molecule has 3 rings (SSSR count). The van der Waals surface area contributed by atoms with Gasteiger partial charge < -0.3 is 14.6 Å². The lowest BCUT2D eigenvalue weighted by molar-refractivity contribution is 0.0695. The number of fused-ring (bicyclic) bond motifs is 1. The summed E-state index contributed by atoms with van der Waals surface area (Å²) in [7, 11) is 0. The van der Waals surface area contributed by atoms with Crippen LogP contribution in [0.15, 0.2) is 16.6 Å². The van der Waals surface area contributed by atoms with Crippen LogP contribution in [0.4, 0.5) is 0 Å². The summed E-state index contributed by atoms with van der Waals surface area (Å²) in [5.41, 5.74) is 0.355. The van der Waals surface area contributed by atoms with Crippen molar-refractivity contribution in [1.29, 1.82) is 0 Å². The average Bonchev–Trinajstić information content (AvgIpc) is 3.07. The summed E-state index contributed by atoms with van der Waals surface area (Å²) in [5.74, 6) is 0.161. The summed E-state index contributed by atoms with van der Waals surface area (Å²) in [4.78, 5) is 11.0. The predicted molar refractivity (Wildman–Crippen MR) is 63.8 cm³/mol. The molecule has 0 radical (unpaired) electrons. The van der Waals surface area contributed by atoms with Crippen molar-refractivity contribution in [3.63, 3.8) is 0 Å². The molecular weight excluding hydrogens is 288 g/mol. The molecule has 17 heavy (non-hydrogen) atoms. The normalized spacial score (nSPS) is 19.8. The van der Waals surface area contributed by atoms with Crippen molar-refractivity contribution in [2.75, 3.05) is 13.2 Å². The molecule has 1 aromatic carbocycles. The van der Waals surface area contributed by atoms with Crippen LogP contribution in [0.3, 0.4) is 0 Å². The van der Waals surface area contributed by atoms with E-state index >= 15 is 0 Å². The molecule has 90 valence electrons. The predicted octanol–water partition coefficient (Wildman–Crippen LogP) is 2.70. The van der Waals surface area contributed by atoms with Gasteiger partial charge in [-0.05, 0) is 40.9 Å². The number of benzene rings is 1. The largest absolute Gasteiger partial charge is 0.489 e. The van der Waals surface area contributed by atoms with E-state index in [4.69, 9.17) is 14.6 Å². The molecule has 1 aliphatic heterocycles. The highest BCUT2D eigenvalue weighted by Gasteiger charge is 2.46. The van der Waals surface area contributed by atoms with Crippen LogP contribution in [0.25, 0.3) is 0 Å². The summed E-state index contributed by atoms with van der Waals surface area (Å²) in [6.07, 6.45) is 2.24. The molecule has 0 atom stereocenters. The summed E-state index contributed by atoms with van der Waals surface area (Å²) in [6.45, 7) is 1.26. The van der Waals surface area contributed by atoms with E-state index in [1.165, 1.54) is 6.07 Å². The Morgan fingerprint density at radius 2 is 1.82 bits per heavy atom. The van der Waals surface area contributed by atoms with Crippen LogP contribution in [0.1, 0.15) is 23.2 Å². The first-order chi connectivity index (χ1) is 8.10. The number of ether oxygens (including phenoxy) is 2. The number of hydrogen-bond donors (Lipinski definition) is 1. The van der Waals surface area contributed by atoms with Crippen LogP contribution in [0, 0.1) is 5.41 Å². The minimum absolute atomic E-state index is 0.162. The van der Waals surface area contributed by atoms with Gasteiger partial charge in [0.15, 0.2) is 11.5 Å². The maximum atomic E-state index is 11.0. The molecule has 0 aromatic heterocycles. The zero-order valence-corrected chi connectivity index (χ0v) is 10.6. The Bertz CT molecular complexity index is 494. The van der Waals surface area contributed by atoms with Gasteiger partial charge in [-0.15, -0.1) is 0 Å². The molecular formula is C12H11BrO4. The Morgan fingerprint density at radius 1 is 1.24 bits per heavy atom. The maximum Gasteiger partial charge on any atom is 0.336 e. The number of carboxylic acids is 1. The standard InChI is InChI=1S/C12H11BrO4/c13-8-4-10-9(3-7(8)11(14)15)16-5-12(1-2-12)6-17-10/h3-4H,1-2,5-6H2,(H,14,15). The van der Waals surface area contributed by atoms with E-state index in [-0.39, 0.29) is 11.0 Å². The molecule has 5 heteroatoms. The second-order valence-corrected chi connectivity index (χ2v) is 5.52. The fourth-order valence-corrected chi connectivity index (χ4v) is 2.39. The van der Waals surface area contributed by atoms with Crippen molar-refractivity contribution < 1.29 is 19.4 Å². The molecule has 4 nitrogen and oxygen atoms in total. The van der Waals surface area contributed by atoms with Gasteiger partial charge in [-0.25, -0.2) is 4.79 Å². The molecule has 2 aliphatic rings. The van der Waals surface area contributed by atoms with E-state index in [1.54, 1.807) is 6.07 Å². The lowest BCUT2D eigenvalue weighted by atomic mass is 10.1. The highest BCUT2D eigenvalue weighted by molar-refractivity contribution is 9.10. The van der Waals surface area contributed by atoms with Gasteiger partial charge in [0.1, 0.15) is 0 Å². The Morgan fingerprint density at radius 3 is 2.35 bits per heavy atom. The van der Waals surface area contributed by atoms with Gasteiger partial charge >= 0.3 is 5.97 Å². The van der Waals surface area contributed by atoms with E-state index < -0.39 is 5.97 Å². The first kappa shape index (κ1) is 10.9. The lowest BCUT2D eigenvalue weighted by Gasteiger charge is -2.09. The monoisotopic (exact) mass is 298 g/mol. The van der Waals surface area contributed by atoms with Gasteiger partial charge in [0.25, 0.3) is 0 Å². The van der Waals surface area contributed by atoms with Crippen molar-refractivity contribution in [3.8, 4) is 11.5 Å². The minimum Gasteiger partial charge on any atom is -0.489 e. The second-order valence-electron chi connectivity index (χ2n) is 4.66. The lowest BCUT2D eigenvalue weighted by Crippen LogP contribution is -2.17. The highest BCUT2D eigenvalue weighted by atomic mass is 79.9. The van der Waals surface area contributed by atoms with Crippen LogP contribution in [-0.2, 0) is 0 Å². The van der Waals surface area contributed by atoms with Crippen molar-refractivity contribution in [3.05, 3.63) is 22.2 Å². The first-order valence-electron chi connectivity index (χ1n) is 5.42. The maximum absolute atomic E-state index is 11.0. The third-order valence-electron chi connectivity index (χ3n) is 3.29. The Hall–Kier alpha value is -1.23. The summed E-state index contributed by atoms with van der Waals surface area (Å²) >= 11 is 3.23. The van der Waals surface area contributed by atoms with E-state index in [0.717, 1.165) is 12.8 Å². The molecule has 0 saturated heterocycles. The van der Waals surface area contributed by atoms with Crippen molar-refractivity contribution >= 4 is 21.9 Å². The molecule has 0 unspecified atom stereocenters. The molecule has 1 aliphatic carbocycles. The van der Waals surface area contributed by atoms with Gasteiger partial charge in [0, 0.05) is 9.89 Å². The topological polar surface area (TPSA) is 55.8 Å². The number of carboxylic acid groups (broad SMARTS) is 1. The SMILES string of the molecule is O=C(O)c1cc2c(cc1Br)OCC1(CC1)CO2. The van der Waals surface area contributed by atoms with Crippen molar-refractivity contribution in [1.82, 2.24) is 0 Å². The first-order valence-corrected chi connectivity index (χ1v) is 6.21. The smallest absolute Gasteiger partial charge is 0.336 e. The Labute approximate surface area is 107 Å². The van der Waals surface area contributed by atoms with Gasteiger partial charge in [0.2, 0.25) is 0 Å². The molecule has 1 aromatic rings. The Balaban J connectivity index is 1.98. The number of carbonyl (C=O) groups is 1. The van der Waals surface area contributed by atoms with E-state index in [0.29, 0.717) is 29.2 Å². The Kier molecular flexibility index (Phi) is 2.33. The van der Waals surface area contributed by atoms with Crippen LogP contribution < -0.4 is 9.47 Å². The fraction of sp³-hybridized carbons (Fsp3) is 0.417. The number of rotatable bonds is 1. The van der Waals surface area contributed by atoms with E-state index in [9.17, 15) is 4.79 Å². The average molecular weight is 299 g/mol. The van der Waals surface area contributed by atoms with Crippen LogP contribution >= 0.6 is 15.9 Å². The van der Waals surface area contributed by atoms with Crippen LogP contribution in [0.2, 0.25) is 0 Å². The zero-order valence-electron chi connectivity index (χ0n) is 9.03. The molecule has 1 heterocycles. The third-order valence-corrected chi connectivity index (χ3v) is 3.94. The molecule has 0 amide bonds. The van der Waals surface area contributed by atoms with Gasteiger partial charge in [-0.2, -0.15) is 0 Å². The van der Waals surface area contributed by atoms with Crippen LogP contribution in [0.5, 0.6) is 11.5 Å². The minimum atomic E-state index is -0.978. The molecule has 0 bridgehead atoms. The molecule has 1 N–H and O–H groups in total. The fourth-order valence-electron chi connectivity index (χ4n) is 1.89. The number of hydrogen-bond acceptors (Lipinski definition) is 3. The van der Waals surface area contributed by atoms with E-state index in [2.05, 4.69) is 15.9 Å². The summed E-state index contributed by atoms with van der Waals surface area (Å²) in [5, 5.41) is 9.03. The summed E-state index contributed by atoms with van der Waals surface area (Å²) in [6, 6.07) is 3.18. The summed E-state index contributed by atoms with van der Waals surface area (Å²) < 4.78 is 11.9. The number of aromatic carboxylic acids is 1. The quantitative estimate of drug-likeness (QED) is 0.866. The van der Waals surface area contributed by atoms with E-state index in [1.807, 2.05) is 0 Å². The van der Waals surface area contributed by atoms with Gasteiger partial charge in [-0.1, -0.05) is 0 Å². The van der Waals surface area contributed by atoms with Crippen molar-refractivity contribution in [2.45, 2.75) is 12.8 Å². The zero-order chi connectivity index (χ0) is 12.0. The van der Waals surface area contributed by atoms with Gasteiger partial charge in [-0.3, -0.25) is 0 Å². The number of halogens is 1. The third kappa shape index (κ3) is 1.88. The van der Waals surface area contributed by atoms with Crippen LogP contribution in [-0.4, -0.2) is 24.3 Å².